The van der Waals surface area contributed by atoms with E-state index in [-0.39, 0.29) is 197 Å². The van der Waals surface area contributed by atoms with Crippen LogP contribution >= 0.6 is 69.6 Å². The fraction of sp³-hybridized carbons (Fsp3) is 0. The molecule has 0 aliphatic carbocycles. The first-order valence-corrected chi connectivity index (χ1v) is 28.4. The summed E-state index contributed by atoms with van der Waals surface area (Å²) < 4.78 is 143. The molecule has 48 heteroatoms. The number of fused-ring (bicyclic) bond motifs is 2. The smallest absolute Gasteiger partial charge is 0.871 e. The van der Waals surface area contributed by atoms with Crippen LogP contribution in [0.1, 0.15) is 0 Å². The van der Waals surface area contributed by atoms with Gasteiger partial charge in [-0.25, -0.2) is 43.6 Å². The molecule has 0 aliphatic rings. The average molecular weight is 1490 g/mol. The molecule has 0 saturated carbocycles. The van der Waals surface area contributed by atoms with Gasteiger partial charge in [-0.1, -0.05) is 81.5 Å². The summed E-state index contributed by atoms with van der Waals surface area (Å²) in [5.74, 6) is -5.29. The van der Waals surface area contributed by atoms with E-state index in [0.29, 0.717) is 48.5 Å². The number of nitrogens with zero attached hydrogens (tertiary/aromatic N) is 10. The Bertz CT molecular complexity index is 4380. The number of nitro groups is 2. The van der Waals surface area contributed by atoms with Crippen LogP contribution in [0, 0.1) is 20.2 Å². The van der Waals surface area contributed by atoms with Gasteiger partial charge in [-0.15, -0.1) is 10.2 Å². The van der Waals surface area contributed by atoms with Crippen LogP contribution in [0.25, 0.3) is 21.5 Å². The number of hydrogen-bond donors (Lipinski definition) is 2. The van der Waals surface area contributed by atoms with Crippen molar-refractivity contribution in [3.05, 3.63) is 124 Å². The van der Waals surface area contributed by atoms with Crippen LogP contribution in [0.15, 0.2) is 113 Å². The summed E-state index contributed by atoms with van der Waals surface area (Å²) in [6.45, 7) is 0. The molecule has 0 saturated heterocycles. The molecule has 2 heterocycles. The van der Waals surface area contributed by atoms with Gasteiger partial charge in [0.05, 0.1) is 52.2 Å². The van der Waals surface area contributed by atoms with Crippen molar-refractivity contribution in [3.8, 4) is 23.0 Å². The van der Waals surface area contributed by atoms with Gasteiger partial charge in [0.25, 0.3) is 11.4 Å². The van der Waals surface area contributed by atoms with E-state index in [2.05, 4.69) is 51.0 Å². The van der Waals surface area contributed by atoms with Crippen molar-refractivity contribution < 1.29 is 247 Å². The van der Waals surface area contributed by atoms with Gasteiger partial charge in [-0.3, -0.25) is 20.2 Å². The van der Waals surface area contributed by atoms with Gasteiger partial charge < -0.3 is 49.3 Å². The molecule has 8 aromatic rings. The van der Waals surface area contributed by atoms with Gasteiger partial charge in [-0.05, 0) is 81.1 Å². The van der Waals surface area contributed by atoms with Crippen LogP contribution in [0.4, 0.5) is 57.1 Å². The minimum Gasteiger partial charge on any atom is -0.871 e. The zero-order valence-corrected chi connectivity index (χ0v) is 63.0. The second-order valence-corrected chi connectivity index (χ2v) is 23.0. The number of hydrogen-bond acceptors (Lipinski definition) is 30. The minimum atomic E-state index is -5.54. The number of benzene rings is 6. The molecule has 88 heavy (non-hydrogen) atoms. The standard InChI is InChI=1S/2C20H11Cl3N6O10S2.Cr.5Na/c2*21-15-18(22)25-20(23)26-19(15)24-11-6-9(40(34,35)36)3-7-4-13(41(37,38)39)16(17(31)14(7)11)28-27-10-5-8(29(32)33)1-2-12(10)30;;;;;;/h2*1-6,30-31H,(H,24,25,26)(H,34,35,36)(H,37,38,39);;;;;;/q;;+3;5*+1/p-8. The maximum absolute atomic E-state index is 13.5. The van der Waals surface area contributed by atoms with Gasteiger partial charge in [0.15, 0.2) is 21.9 Å². The van der Waals surface area contributed by atoms with Gasteiger partial charge in [0.2, 0.25) is 10.6 Å². The number of rotatable bonds is 14. The van der Waals surface area contributed by atoms with E-state index in [9.17, 15) is 92.5 Å². The zero-order valence-electron chi connectivity index (χ0n) is 43.9. The Hall–Kier alpha value is -2.29. The number of non-ortho nitro benzene ring substituents is 2. The first-order valence-electron chi connectivity index (χ1n) is 20.5. The van der Waals surface area contributed by atoms with Gasteiger partial charge >= 0.3 is 165 Å². The Morgan fingerprint density at radius 2 is 0.761 bits per heavy atom. The van der Waals surface area contributed by atoms with E-state index >= 15 is 0 Å². The Labute approximate surface area is 644 Å². The molecule has 1 radical (unpaired) electrons. The Balaban J connectivity index is 0.000000824. The summed E-state index contributed by atoms with van der Waals surface area (Å²) in [6, 6.07) is 8.31. The third-order valence-electron chi connectivity index (χ3n) is 10.2. The summed E-state index contributed by atoms with van der Waals surface area (Å²) in [6.07, 6.45) is 0. The number of azo groups is 2. The Morgan fingerprint density at radius 3 is 1.05 bits per heavy atom. The molecular weight excluding hydrogens is 1480 g/mol. The van der Waals surface area contributed by atoms with E-state index in [1.165, 1.54) is 0 Å². The molecule has 2 aromatic heterocycles. The van der Waals surface area contributed by atoms with Crippen LogP contribution < -0.4 is 179 Å². The topological polar surface area (TPSA) is 532 Å². The van der Waals surface area contributed by atoms with Crippen LogP contribution in [-0.2, 0) is 57.8 Å². The molecule has 8 rings (SSSR count). The third-order valence-corrected chi connectivity index (χ3v) is 15.3. The van der Waals surface area contributed by atoms with E-state index < -0.39 is 171 Å². The predicted molar refractivity (Wildman–Crippen MR) is 273 cm³/mol. The second kappa shape index (κ2) is 33.2. The molecule has 0 fully saturated rings. The van der Waals surface area contributed by atoms with Crippen molar-refractivity contribution in [2.75, 3.05) is 10.6 Å². The predicted octanol–water partition coefficient (Wildman–Crippen LogP) is -7.76. The summed E-state index contributed by atoms with van der Waals surface area (Å²) in [7, 11) is -21.5. The van der Waals surface area contributed by atoms with Crippen molar-refractivity contribution in [1.82, 2.24) is 19.9 Å². The largest absolute Gasteiger partial charge is 3.00 e. The molecule has 32 nitrogen and oxygen atoms in total. The number of anilines is 4. The first kappa shape index (κ1) is 83.7. The molecule has 0 unspecified atom stereocenters. The van der Waals surface area contributed by atoms with Crippen molar-refractivity contribution in [2.24, 2.45) is 20.5 Å². The minimum absolute atomic E-state index is 0. The molecule has 0 amide bonds. The number of aromatic nitrogens is 4. The molecule has 6 aromatic carbocycles. The van der Waals surface area contributed by atoms with Crippen LogP contribution in [-0.4, -0.2) is 81.7 Å². The maximum atomic E-state index is 13.5. The fourth-order valence-electron chi connectivity index (χ4n) is 6.76. The van der Waals surface area contributed by atoms with Gasteiger partial charge in [0.1, 0.15) is 50.5 Å². The van der Waals surface area contributed by atoms with Crippen molar-refractivity contribution >= 4 is 189 Å². The Kier molecular flexibility index (Phi) is 31.6. The SMILES string of the molecule is O=[N+]([O-])c1ccc([O-])c(N=Nc2c(S(=O)(=O)[O-])cc3cc(S(=O)(=O)[O-])cc(Nc4nc(Cl)nc(Cl)c4Cl)c3c2[O-])c1.O=[N+]([O-])c1ccc([O-])c(N=Nc2c(S(=O)(=O)[O-])cc3cc(S(=O)(=O)[O-])cc(Nc4nc(Cl)nc(Cl)c4Cl)c3c2[O-])c1.[Cr+3].[Na+].[Na+].[Na+].[Na+].[Na+]. The normalized spacial score (nSPS) is 11.4. The summed E-state index contributed by atoms with van der Waals surface area (Å²) in [5, 5.41) is 87.4. The Morgan fingerprint density at radius 1 is 0.443 bits per heavy atom. The average Bonchev–Trinajstić information content (AvgIpc) is 1.31. The first-order chi connectivity index (χ1) is 37.9. The second-order valence-electron chi connectivity index (χ2n) is 15.4. The monoisotopic (exact) mass is 1490 g/mol. The van der Waals surface area contributed by atoms with E-state index in [1.807, 2.05) is 0 Å². The van der Waals surface area contributed by atoms with E-state index in [1.54, 1.807) is 0 Å². The number of nitro benzene ring substituents is 2. The number of halogens is 6. The molecule has 2 N–H and O–H groups in total. The zero-order chi connectivity index (χ0) is 60.9. The molecule has 0 atom stereocenters. The van der Waals surface area contributed by atoms with Gasteiger partial charge in [-0.2, -0.15) is 20.2 Å². The van der Waals surface area contributed by atoms with Crippen LogP contribution in [0.5, 0.6) is 23.0 Å². The fourth-order valence-corrected chi connectivity index (χ4v) is 10.1. The summed E-state index contributed by atoms with van der Waals surface area (Å²) >= 11 is 35.4. The summed E-state index contributed by atoms with van der Waals surface area (Å²) in [5.41, 5.74) is -5.87. The van der Waals surface area contributed by atoms with Crippen molar-refractivity contribution in [3.63, 3.8) is 0 Å². The molecule has 0 bridgehead atoms. The van der Waals surface area contributed by atoms with E-state index in [0.717, 1.165) is 24.3 Å². The van der Waals surface area contributed by atoms with E-state index in [4.69, 9.17) is 69.6 Å². The van der Waals surface area contributed by atoms with Crippen molar-refractivity contribution in [1.29, 1.82) is 0 Å². The molecular formula is C40H14Cl6CrN12Na5O20S4. The quantitative estimate of drug-likeness (QED) is 0.0194. The number of nitrogens with one attached hydrogen (secondary N) is 2. The maximum Gasteiger partial charge on any atom is 3.00 e. The molecule has 431 valence electrons. The van der Waals surface area contributed by atoms with Crippen LogP contribution in [0.3, 0.4) is 0 Å². The van der Waals surface area contributed by atoms with Crippen molar-refractivity contribution in [2.45, 2.75) is 19.6 Å². The summed E-state index contributed by atoms with van der Waals surface area (Å²) in [4.78, 5) is 30.5. The molecule has 0 aliphatic heterocycles. The molecule has 0 spiro atoms. The van der Waals surface area contributed by atoms with Gasteiger partial charge in [0, 0.05) is 35.6 Å². The van der Waals surface area contributed by atoms with Crippen LogP contribution in [0.2, 0.25) is 30.9 Å². The third kappa shape index (κ3) is 19.9.